The maximum Gasteiger partial charge on any atom is 0.233 e. The predicted molar refractivity (Wildman–Crippen MR) is 111 cm³/mol. The van der Waals surface area contributed by atoms with Gasteiger partial charge < -0.3 is 4.90 Å². The number of nitrogens with zero attached hydrogens (tertiary/aromatic N) is 4. The fourth-order valence-electron chi connectivity index (χ4n) is 4.78. The summed E-state index contributed by atoms with van der Waals surface area (Å²) in [6.45, 7) is 1.89. The first-order valence-electron chi connectivity index (χ1n) is 10.7. The van der Waals surface area contributed by atoms with Gasteiger partial charge in [0.15, 0.2) is 0 Å². The maximum absolute atomic E-state index is 12.8. The highest BCUT2D eigenvalue weighted by Crippen LogP contribution is 2.40. The highest BCUT2D eigenvalue weighted by molar-refractivity contribution is 7.99. The van der Waals surface area contributed by atoms with Gasteiger partial charge in [-0.05, 0) is 49.7 Å². The van der Waals surface area contributed by atoms with Crippen LogP contribution in [0.5, 0.6) is 0 Å². The van der Waals surface area contributed by atoms with Crippen LogP contribution in [0.4, 0.5) is 0 Å². The second-order valence-electron chi connectivity index (χ2n) is 8.50. The van der Waals surface area contributed by atoms with E-state index >= 15 is 0 Å². The third-order valence-electron chi connectivity index (χ3n) is 6.52. The molecule has 2 heterocycles. The first-order chi connectivity index (χ1) is 13.8. The molecule has 0 spiro atoms. The van der Waals surface area contributed by atoms with Crippen molar-refractivity contribution in [1.82, 2.24) is 19.7 Å². The average molecular weight is 397 g/mol. The minimum absolute atomic E-state index is 0.248. The molecule has 148 valence electrons. The number of amides is 1. The van der Waals surface area contributed by atoms with Gasteiger partial charge in [-0.2, -0.15) is 0 Å². The Morgan fingerprint density at radius 3 is 2.61 bits per heavy atom. The lowest BCUT2D eigenvalue weighted by Gasteiger charge is -2.41. The van der Waals surface area contributed by atoms with Gasteiger partial charge in [-0.1, -0.05) is 49.2 Å². The number of fused-ring (bicyclic) bond motifs is 1. The number of aromatic nitrogens is 3. The Morgan fingerprint density at radius 1 is 1.04 bits per heavy atom. The normalized spacial score (nSPS) is 24.8. The molecule has 2 unspecified atom stereocenters. The second kappa shape index (κ2) is 7.90. The molecule has 0 radical (unpaired) electrons. The van der Waals surface area contributed by atoms with Crippen molar-refractivity contribution in [2.24, 2.45) is 11.8 Å². The van der Waals surface area contributed by atoms with E-state index in [1.165, 1.54) is 56.7 Å². The number of thioether (sulfide) groups is 1. The molecule has 3 aliphatic rings. The van der Waals surface area contributed by atoms with E-state index in [4.69, 9.17) is 10.1 Å². The van der Waals surface area contributed by atoms with Gasteiger partial charge in [-0.3, -0.25) is 4.79 Å². The number of hydrogen-bond donors (Lipinski definition) is 0. The van der Waals surface area contributed by atoms with E-state index in [0.29, 0.717) is 11.7 Å². The molecule has 5 rings (SSSR count). The summed E-state index contributed by atoms with van der Waals surface area (Å²) in [5.41, 5.74) is 1.05. The van der Waals surface area contributed by atoms with Gasteiger partial charge in [-0.25, -0.2) is 9.67 Å². The lowest BCUT2D eigenvalue weighted by Crippen LogP contribution is -2.45. The first kappa shape index (κ1) is 18.2. The summed E-state index contributed by atoms with van der Waals surface area (Å²) in [5, 5.41) is 5.45. The molecule has 2 aliphatic carbocycles. The van der Waals surface area contributed by atoms with Crippen molar-refractivity contribution in [3.63, 3.8) is 0 Å². The summed E-state index contributed by atoms with van der Waals surface area (Å²) in [7, 11) is 0. The van der Waals surface area contributed by atoms with E-state index in [1.807, 2.05) is 22.9 Å². The molecular weight excluding hydrogens is 368 g/mol. The maximum atomic E-state index is 12.8. The van der Waals surface area contributed by atoms with Crippen LogP contribution in [-0.2, 0) is 4.79 Å². The molecule has 2 aromatic rings. The van der Waals surface area contributed by atoms with Crippen molar-refractivity contribution < 1.29 is 4.79 Å². The largest absolute Gasteiger partial charge is 0.342 e. The molecule has 1 aromatic carbocycles. The van der Waals surface area contributed by atoms with Gasteiger partial charge >= 0.3 is 0 Å². The Balaban J connectivity index is 1.24. The van der Waals surface area contributed by atoms with Crippen molar-refractivity contribution >= 4 is 17.7 Å². The smallest absolute Gasteiger partial charge is 0.233 e. The highest BCUT2D eigenvalue weighted by Gasteiger charge is 2.33. The first-order valence-corrected chi connectivity index (χ1v) is 11.7. The monoisotopic (exact) mass is 396 g/mol. The Labute approximate surface area is 170 Å². The molecule has 1 saturated heterocycles. The van der Waals surface area contributed by atoms with Crippen molar-refractivity contribution in [2.75, 3.05) is 18.8 Å². The average Bonchev–Trinajstić information content (AvgIpc) is 3.51. The van der Waals surface area contributed by atoms with Crippen molar-refractivity contribution in [3.05, 3.63) is 36.2 Å². The van der Waals surface area contributed by atoms with Crippen LogP contribution in [0.2, 0.25) is 0 Å². The summed E-state index contributed by atoms with van der Waals surface area (Å²) in [6.07, 6.45) is 8.94. The standard InChI is InChI=1S/C22H28N4OS/c27-20(25-13-12-16-6-4-5-7-18(16)14-25)15-28-22-23-21(17-10-11-17)26(24-22)19-8-2-1-3-9-19/h1-3,8-9,16-18H,4-7,10-15H2. The van der Waals surface area contributed by atoms with Crippen molar-refractivity contribution in [3.8, 4) is 5.69 Å². The second-order valence-corrected chi connectivity index (χ2v) is 9.44. The minimum atomic E-state index is 0.248. The number of likely N-dealkylation sites (tertiary alicyclic amines) is 1. The zero-order valence-electron chi connectivity index (χ0n) is 16.3. The quantitative estimate of drug-likeness (QED) is 0.708. The third kappa shape index (κ3) is 3.84. The van der Waals surface area contributed by atoms with E-state index < -0.39 is 0 Å². The number of para-hydroxylation sites is 1. The Morgan fingerprint density at radius 2 is 1.82 bits per heavy atom. The minimum Gasteiger partial charge on any atom is -0.342 e. The van der Waals surface area contributed by atoms with Crippen LogP contribution in [0.25, 0.3) is 5.69 Å². The van der Waals surface area contributed by atoms with E-state index in [0.717, 1.165) is 41.6 Å². The topological polar surface area (TPSA) is 51.0 Å². The van der Waals surface area contributed by atoms with E-state index in [2.05, 4.69) is 17.0 Å². The van der Waals surface area contributed by atoms with Crippen LogP contribution >= 0.6 is 11.8 Å². The molecule has 1 aromatic heterocycles. The highest BCUT2D eigenvalue weighted by atomic mass is 32.2. The van der Waals surface area contributed by atoms with Crippen LogP contribution in [0.15, 0.2) is 35.5 Å². The Bertz CT molecular complexity index is 832. The number of carbonyl (C=O) groups excluding carboxylic acids is 1. The van der Waals surface area contributed by atoms with E-state index in [1.54, 1.807) is 0 Å². The molecule has 6 heteroatoms. The summed E-state index contributed by atoms with van der Waals surface area (Å²) >= 11 is 1.49. The molecule has 28 heavy (non-hydrogen) atoms. The number of carbonyl (C=O) groups is 1. The summed E-state index contributed by atoms with van der Waals surface area (Å²) in [5.74, 6) is 3.84. The van der Waals surface area contributed by atoms with Crippen molar-refractivity contribution in [1.29, 1.82) is 0 Å². The van der Waals surface area contributed by atoms with E-state index in [-0.39, 0.29) is 5.91 Å². The fraction of sp³-hybridized carbons (Fsp3) is 0.591. The molecule has 3 fully saturated rings. The van der Waals surface area contributed by atoms with Crippen LogP contribution < -0.4 is 0 Å². The lowest BCUT2D eigenvalue weighted by molar-refractivity contribution is -0.131. The van der Waals surface area contributed by atoms with Gasteiger partial charge in [0.1, 0.15) is 5.82 Å². The summed E-state index contributed by atoms with van der Waals surface area (Å²) in [4.78, 5) is 19.7. The van der Waals surface area contributed by atoms with Gasteiger partial charge in [-0.15, -0.1) is 5.10 Å². The molecule has 2 saturated carbocycles. The molecule has 0 bridgehead atoms. The number of piperidine rings is 1. The fourth-order valence-corrected chi connectivity index (χ4v) is 5.51. The van der Waals surface area contributed by atoms with Crippen LogP contribution in [0.3, 0.4) is 0 Å². The molecule has 2 atom stereocenters. The van der Waals surface area contributed by atoms with Gasteiger partial charge in [0, 0.05) is 19.0 Å². The van der Waals surface area contributed by atoms with Gasteiger partial charge in [0.05, 0.1) is 11.4 Å². The Kier molecular flexibility index (Phi) is 5.14. The summed E-state index contributed by atoms with van der Waals surface area (Å²) < 4.78 is 1.97. The Hall–Kier alpha value is -1.82. The number of rotatable bonds is 5. The number of benzene rings is 1. The van der Waals surface area contributed by atoms with E-state index in [9.17, 15) is 4.79 Å². The number of hydrogen-bond acceptors (Lipinski definition) is 4. The zero-order valence-corrected chi connectivity index (χ0v) is 17.1. The zero-order chi connectivity index (χ0) is 18.9. The molecule has 5 nitrogen and oxygen atoms in total. The van der Waals surface area contributed by atoms with Gasteiger partial charge in [0.25, 0.3) is 0 Å². The van der Waals surface area contributed by atoms with Gasteiger partial charge in [0.2, 0.25) is 11.1 Å². The molecule has 1 aliphatic heterocycles. The molecule has 0 N–H and O–H groups in total. The third-order valence-corrected chi connectivity index (χ3v) is 7.35. The predicted octanol–water partition coefficient (Wildman–Crippen LogP) is 4.28. The molecule has 1 amide bonds. The van der Waals surface area contributed by atoms with Crippen LogP contribution in [-0.4, -0.2) is 44.4 Å². The SMILES string of the molecule is O=C(CSc1nc(C2CC2)n(-c2ccccc2)n1)N1CCC2CCCCC2C1. The molecular formula is C22H28N4OS. The van der Waals surface area contributed by atoms with Crippen molar-refractivity contribution in [2.45, 2.75) is 56.0 Å². The van der Waals surface area contributed by atoms with Crippen LogP contribution in [0.1, 0.15) is 56.7 Å². The summed E-state index contributed by atoms with van der Waals surface area (Å²) in [6, 6.07) is 10.2. The lowest BCUT2D eigenvalue weighted by atomic mass is 9.75. The van der Waals surface area contributed by atoms with Crippen LogP contribution in [0, 0.1) is 11.8 Å².